The average Bonchev–Trinajstić information content (AvgIpc) is 3.30. The van der Waals surface area contributed by atoms with Crippen molar-refractivity contribution in [2.24, 2.45) is 0 Å². The fourth-order valence-corrected chi connectivity index (χ4v) is 5.67. The number of aromatic amines is 1. The molecular formula is C36H24N4O. The molecule has 3 aromatic heterocycles. The van der Waals surface area contributed by atoms with E-state index in [1.165, 1.54) is 10.9 Å². The van der Waals surface area contributed by atoms with Gasteiger partial charge in [-0.25, -0.2) is 9.97 Å². The number of ether oxygens (including phenoxy) is 1. The van der Waals surface area contributed by atoms with Gasteiger partial charge in [0.05, 0.1) is 22.4 Å². The van der Waals surface area contributed by atoms with E-state index in [1.54, 1.807) is 6.20 Å². The van der Waals surface area contributed by atoms with Crippen molar-refractivity contribution >= 4 is 45.3 Å². The number of hydrogen-bond acceptors (Lipinski definition) is 4. The molecule has 5 nitrogen and oxygen atoms in total. The van der Waals surface area contributed by atoms with E-state index >= 15 is 0 Å². The molecule has 0 bridgehead atoms. The lowest BCUT2D eigenvalue weighted by molar-refractivity contribution is 0.445. The Kier molecular flexibility index (Phi) is 5.38. The van der Waals surface area contributed by atoms with Crippen molar-refractivity contribution in [1.82, 2.24) is 15.0 Å². The summed E-state index contributed by atoms with van der Waals surface area (Å²) in [4.78, 5) is 12.9. The number of H-pyrrole nitrogens is 1. The molecule has 0 saturated heterocycles. The third-order valence-electron chi connectivity index (χ3n) is 7.57. The van der Waals surface area contributed by atoms with Crippen LogP contribution in [0.25, 0.3) is 56.3 Å². The lowest BCUT2D eigenvalue weighted by Gasteiger charge is -2.15. The number of para-hydroxylation sites is 4. The summed E-state index contributed by atoms with van der Waals surface area (Å²) in [7, 11) is 0. The van der Waals surface area contributed by atoms with Crippen LogP contribution in [-0.4, -0.2) is 15.0 Å². The summed E-state index contributed by atoms with van der Waals surface area (Å²) < 4.78 is 5.93. The molecule has 2 N–H and O–H groups in total. The van der Waals surface area contributed by atoms with Crippen molar-refractivity contribution in [2.75, 3.05) is 5.32 Å². The Hall–Kier alpha value is -5.68. The van der Waals surface area contributed by atoms with Crippen LogP contribution < -0.4 is 10.1 Å². The van der Waals surface area contributed by atoms with Crippen LogP contribution >= 0.6 is 0 Å². The van der Waals surface area contributed by atoms with Gasteiger partial charge in [0.2, 0.25) is 11.8 Å². The predicted molar refractivity (Wildman–Crippen MR) is 167 cm³/mol. The summed E-state index contributed by atoms with van der Waals surface area (Å²) in [6, 6.07) is 39.1. The highest BCUT2D eigenvalue weighted by Crippen LogP contribution is 2.42. The van der Waals surface area contributed by atoms with E-state index in [-0.39, 0.29) is 0 Å². The third-order valence-corrected chi connectivity index (χ3v) is 7.57. The molecule has 0 spiro atoms. The largest absolute Gasteiger partial charge is 0.421 e. The Bertz CT molecular complexity index is 2110. The van der Waals surface area contributed by atoms with Crippen molar-refractivity contribution in [3.05, 3.63) is 133 Å². The standard InChI is InChI=1S/C36H24N4O/c1-2-16-30-23(9-1)20-21-24-10-5-11-25(34(24)39-30)26-12-6-13-27-28-14-7-15-29(36(28)40-35(26)27)31-17-8-19-33(38-31)41-32-18-3-4-22-37-32/h1-22,39-40H. The highest BCUT2D eigenvalue weighted by atomic mass is 16.5. The Morgan fingerprint density at radius 1 is 0.537 bits per heavy atom. The van der Waals surface area contributed by atoms with Gasteiger partial charge in [-0.05, 0) is 29.3 Å². The van der Waals surface area contributed by atoms with E-state index in [0.717, 1.165) is 55.7 Å². The maximum absolute atomic E-state index is 5.93. The van der Waals surface area contributed by atoms with Crippen LogP contribution in [0.4, 0.5) is 11.4 Å². The second kappa shape index (κ2) is 9.50. The van der Waals surface area contributed by atoms with Gasteiger partial charge in [-0.2, -0.15) is 0 Å². The van der Waals surface area contributed by atoms with Gasteiger partial charge in [0.25, 0.3) is 0 Å². The van der Waals surface area contributed by atoms with Crippen molar-refractivity contribution in [3.8, 4) is 34.1 Å². The lowest BCUT2D eigenvalue weighted by Crippen LogP contribution is -1.96. The van der Waals surface area contributed by atoms with E-state index in [0.29, 0.717) is 11.8 Å². The monoisotopic (exact) mass is 528 g/mol. The fourth-order valence-electron chi connectivity index (χ4n) is 5.67. The van der Waals surface area contributed by atoms with Crippen LogP contribution in [0, 0.1) is 0 Å². The van der Waals surface area contributed by atoms with Crippen LogP contribution in [0.1, 0.15) is 11.1 Å². The van der Waals surface area contributed by atoms with E-state index < -0.39 is 0 Å². The molecule has 194 valence electrons. The molecule has 5 heteroatoms. The van der Waals surface area contributed by atoms with Crippen molar-refractivity contribution in [3.63, 3.8) is 0 Å². The summed E-state index contributed by atoms with van der Waals surface area (Å²) in [6.07, 6.45) is 6.07. The van der Waals surface area contributed by atoms with Gasteiger partial charge in [0, 0.05) is 51.5 Å². The van der Waals surface area contributed by atoms with Gasteiger partial charge < -0.3 is 15.0 Å². The molecule has 1 aliphatic rings. The minimum absolute atomic E-state index is 0.501. The summed E-state index contributed by atoms with van der Waals surface area (Å²) >= 11 is 0. The first-order valence-corrected chi connectivity index (χ1v) is 13.6. The maximum Gasteiger partial charge on any atom is 0.221 e. The molecule has 0 saturated carbocycles. The molecule has 0 amide bonds. The highest BCUT2D eigenvalue weighted by molar-refractivity contribution is 6.16. The van der Waals surface area contributed by atoms with Crippen LogP contribution in [0.3, 0.4) is 0 Å². The van der Waals surface area contributed by atoms with Gasteiger partial charge in [-0.3, -0.25) is 0 Å². The van der Waals surface area contributed by atoms with Gasteiger partial charge >= 0.3 is 0 Å². The molecule has 0 radical (unpaired) electrons. The Balaban J connectivity index is 1.27. The highest BCUT2D eigenvalue weighted by Gasteiger charge is 2.18. The number of rotatable bonds is 4. The Morgan fingerprint density at radius 3 is 2.10 bits per heavy atom. The first kappa shape index (κ1) is 23.2. The third kappa shape index (κ3) is 4.03. The van der Waals surface area contributed by atoms with Gasteiger partial charge in [-0.15, -0.1) is 0 Å². The number of nitrogens with one attached hydrogen (secondary N) is 2. The van der Waals surface area contributed by atoms with Crippen molar-refractivity contribution in [2.45, 2.75) is 0 Å². The minimum Gasteiger partial charge on any atom is -0.421 e. The number of aromatic nitrogens is 3. The zero-order valence-corrected chi connectivity index (χ0v) is 22.0. The number of pyridine rings is 2. The Morgan fingerprint density at radius 2 is 1.22 bits per heavy atom. The molecule has 41 heavy (non-hydrogen) atoms. The van der Waals surface area contributed by atoms with Crippen LogP contribution in [0.5, 0.6) is 11.8 Å². The zero-order chi connectivity index (χ0) is 27.2. The second-order valence-corrected chi connectivity index (χ2v) is 10.0. The van der Waals surface area contributed by atoms with Crippen molar-refractivity contribution in [1.29, 1.82) is 0 Å². The van der Waals surface area contributed by atoms with Gasteiger partial charge in [0.1, 0.15) is 0 Å². The molecule has 1 aliphatic heterocycles. The molecule has 0 unspecified atom stereocenters. The van der Waals surface area contributed by atoms with Crippen LogP contribution in [0.2, 0.25) is 0 Å². The average molecular weight is 529 g/mol. The molecule has 8 rings (SSSR count). The molecule has 7 aromatic rings. The molecule has 0 fully saturated rings. The molecular weight excluding hydrogens is 504 g/mol. The number of fused-ring (bicyclic) bond motifs is 5. The first-order chi connectivity index (χ1) is 20.3. The number of anilines is 2. The lowest BCUT2D eigenvalue weighted by atomic mass is 9.97. The summed E-state index contributed by atoms with van der Waals surface area (Å²) in [5.41, 5.74) is 10.8. The van der Waals surface area contributed by atoms with E-state index in [4.69, 9.17) is 9.72 Å². The Labute approximate surface area is 236 Å². The van der Waals surface area contributed by atoms with E-state index in [1.807, 2.05) is 36.4 Å². The van der Waals surface area contributed by atoms with E-state index in [9.17, 15) is 0 Å². The maximum atomic E-state index is 5.93. The molecule has 0 atom stereocenters. The fraction of sp³-hybridized carbons (Fsp3) is 0. The van der Waals surface area contributed by atoms with Crippen LogP contribution in [0.15, 0.2) is 121 Å². The summed E-state index contributed by atoms with van der Waals surface area (Å²) in [5, 5.41) is 6.05. The first-order valence-electron chi connectivity index (χ1n) is 13.6. The second-order valence-electron chi connectivity index (χ2n) is 10.0. The molecule has 0 aliphatic carbocycles. The molecule has 4 heterocycles. The SMILES string of the molecule is C1=Cc2cccc(-c3cccc4c3[nH]c3c(-c5cccc(Oc6ccccn6)n5)cccc34)c2Nc2ccccc21. The van der Waals surface area contributed by atoms with E-state index in [2.05, 4.69) is 106 Å². The number of hydrogen-bond donors (Lipinski definition) is 2. The predicted octanol–water partition coefficient (Wildman–Crippen LogP) is 9.46. The summed E-state index contributed by atoms with van der Waals surface area (Å²) in [5.74, 6) is 1.01. The summed E-state index contributed by atoms with van der Waals surface area (Å²) in [6.45, 7) is 0. The number of nitrogens with zero attached hydrogens (tertiary/aromatic N) is 2. The molecule has 4 aromatic carbocycles. The quantitative estimate of drug-likeness (QED) is 0.239. The minimum atomic E-state index is 0.501. The smallest absolute Gasteiger partial charge is 0.221 e. The van der Waals surface area contributed by atoms with Gasteiger partial charge in [-0.1, -0.05) is 97.1 Å². The normalized spacial score (nSPS) is 12.0. The topological polar surface area (TPSA) is 62.8 Å². The van der Waals surface area contributed by atoms with Crippen LogP contribution in [-0.2, 0) is 0 Å². The van der Waals surface area contributed by atoms with Crippen molar-refractivity contribution < 1.29 is 4.74 Å². The van der Waals surface area contributed by atoms with Gasteiger partial charge in [0.15, 0.2) is 0 Å². The zero-order valence-electron chi connectivity index (χ0n) is 22.0. The number of benzene rings is 4.